The predicted molar refractivity (Wildman–Crippen MR) is 78.6 cm³/mol. The normalized spacial score (nSPS) is 11.4. The van der Waals surface area contributed by atoms with E-state index in [0.29, 0.717) is 15.6 Å². The molecule has 4 nitrogen and oxygen atoms in total. The highest BCUT2D eigenvalue weighted by Crippen LogP contribution is 2.25. The molecule has 21 heavy (non-hydrogen) atoms. The Morgan fingerprint density at radius 1 is 1.10 bits per heavy atom. The minimum absolute atomic E-state index is 0.0581. The highest BCUT2D eigenvalue weighted by molar-refractivity contribution is 7.89. The average molecular weight is 350 g/mol. The van der Waals surface area contributed by atoms with Crippen LogP contribution in [-0.4, -0.2) is 8.42 Å². The number of sulfonamides is 1. The zero-order valence-electron chi connectivity index (χ0n) is 10.5. The van der Waals surface area contributed by atoms with Gasteiger partial charge in [-0.05, 0) is 35.9 Å². The van der Waals surface area contributed by atoms with Gasteiger partial charge in [-0.15, -0.1) is 0 Å². The van der Waals surface area contributed by atoms with Crippen LogP contribution in [0.1, 0.15) is 5.56 Å². The molecule has 0 aliphatic heterocycles. The molecular weight excluding hydrogens is 340 g/mol. The Hall–Kier alpha value is -1.34. The van der Waals surface area contributed by atoms with Gasteiger partial charge >= 0.3 is 0 Å². The zero-order chi connectivity index (χ0) is 15.6. The summed E-state index contributed by atoms with van der Waals surface area (Å²) in [4.78, 5) is -0.318. The molecule has 0 bridgehead atoms. The van der Waals surface area contributed by atoms with Gasteiger partial charge in [0.2, 0.25) is 10.0 Å². The minimum Gasteiger partial charge on any atom is -0.486 e. The molecule has 0 saturated carbocycles. The van der Waals surface area contributed by atoms with Crippen molar-refractivity contribution in [2.24, 2.45) is 5.14 Å². The van der Waals surface area contributed by atoms with E-state index in [1.54, 1.807) is 18.2 Å². The zero-order valence-corrected chi connectivity index (χ0v) is 12.8. The smallest absolute Gasteiger partial charge is 0.238 e. The fourth-order valence-corrected chi connectivity index (χ4v) is 2.41. The van der Waals surface area contributed by atoms with Crippen LogP contribution in [0, 0.1) is 5.82 Å². The topological polar surface area (TPSA) is 69.4 Å². The van der Waals surface area contributed by atoms with Crippen LogP contribution < -0.4 is 9.88 Å². The van der Waals surface area contributed by atoms with Gasteiger partial charge in [0.1, 0.15) is 6.61 Å². The molecule has 0 amide bonds. The van der Waals surface area contributed by atoms with Gasteiger partial charge in [0.15, 0.2) is 11.6 Å². The number of primary sulfonamides is 1. The monoisotopic (exact) mass is 349 g/mol. The predicted octanol–water partition coefficient (Wildman–Crippen LogP) is 3.36. The Balaban J connectivity index is 2.15. The fourth-order valence-electron chi connectivity index (χ4n) is 1.57. The lowest BCUT2D eigenvalue weighted by Gasteiger charge is -2.09. The van der Waals surface area contributed by atoms with E-state index in [1.807, 2.05) is 0 Å². The second-order valence-electron chi connectivity index (χ2n) is 4.17. The van der Waals surface area contributed by atoms with Crippen molar-refractivity contribution in [2.75, 3.05) is 0 Å². The van der Waals surface area contributed by atoms with E-state index < -0.39 is 15.8 Å². The maximum absolute atomic E-state index is 13.7. The Bertz CT molecular complexity index is 781. The molecule has 2 aromatic rings. The van der Waals surface area contributed by atoms with Gasteiger partial charge in [0.05, 0.1) is 14.9 Å². The van der Waals surface area contributed by atoms with E-state index in [-0.39, 0.29) is 17.3 Å². The van der Waals surface area contributed by atoms with Gasteiger partial charge in [-0.25, -0.2) is 17.9 Å². The Kier molecular flexibility index (Phi) is 4.73. The molecule has 2 N–H and O–H groups in total. The number of nitrogens with two attached hydrogens (primary N) is 1. The maximum atomic E-state index is 13.7. The van der Waals surface area contributed by atoms with Crippen LogP contribution in [-0.2, 0) is 16.6 Å². The SMILES string of the molecule is NS(=O)(=O)c1ccc(OCc2ccc(Cl)c(Cl)c2)c(F)c1. The van der Waals surface area contributed by atoms with Crippen LogP contribution in [0.3, 0.4) is 0 Å². The molecule has 112 valence electrons. The summed E-state index contributed by atoms with van der Waals surface area (Å²) in [5.74, 6) is -0.907. The Morgan fingerprint density at radius 2 is 1.81 bits per heavy atom. The lowest BCUT2D eigenvalue weighted by molar-refractivity contribution is 0.290. The largest absolute Gasteiger partial charge is 0.486 e. The molecule has 0 aliphatic carbocycles. The summed E-state index contributed by atoms with van der Waals surface area (Å²) >= 11 is 11.6. The highest BCUT2D eigenvalue weighted by atomic mass is 35.5. The third-order valence-corrected chi connectivity index (χ3v) is 4.26. The van der Waals surface area contributed by atoms with Crippen LogP contribution in [0.15, 0.2) is 41.3 Å². The third kappa shape index (κ3) is 4.07. The summed E-state index contributed by atoms with van der Waals surface area (Å²) in [6.07, 6.45) is 0. The van der Waals surface area contributed by atoms with Crippen LogP contribution in [0.2, 0.25) is 10.0 Å². The molecular formula is C13H10Cl2FNO3S. The number of hydrogen-bond donors (Lipinski definition) is 1. The molecule has 2 rings (SSSR count). The van der Waals surface area contributed by atoms with E-state index in [0.717, 1.165) is 6.07 Å². The van der Waals surface area contributed by atoms with Gasteiger partial charge in [-0.1, -0.05) is 29.3 Å². The number of benzene rings is 2. The Morgan fingerprint density at radius 3 is 2.38 bits per heavy atom. The standard InChI is InChI=1S/C13H10Cl2FNO3S/c14-10-3-1-8(5-11(10)15)7-20-13-4-2-9(6-12(13)16)21(17,18)19/h1-6H,7H2,(H2,17,18,19). The van der Waals surface area contributed by atoms with Crippen molar-refractivity contribution < 1.29 is 17.5 Å². The second kappa shape index (κ2) is 6.19. The molecule has 0 fully saturated rings. The van der Waals surface area contributed by atoms with E-state index >= 15 is 0 Å². The molecule has 0 aliphatic rings. The van der Waals surface area contributed by atoms with Crippen molar-refractivity contribution in [3.8, 4) is 5.75 Å². The lowest BCUT2D eigenvalue weighted by Crippen LogP contribution is -2.12. The lowest BCUT2D eigenvalue weighted by atomic mass is 10.2. The summed E-state index contributed by atoms with van der Waals surface area (Å²) in [6, 6.07) is 8.06. The molecule has 2 aromatic carbocycles. The van der Waals surface area contributed by atoms with Crippen LogP contribution in [0.25, 0.3) is 0 Å². The van der Waals surface area contributed by atoms with Gasteiger partial charge in [-0.2, -0.15) is 0 Å². The quantitative estimate of drug-likeness (QED) is 0.919. The van der Waals surface area contributed by atoms with Crippen molar-refractivity contribution in [2.45, 2.75) is 11.5 Å². The fraction of sp³-hybridized carbons (Fsp3) is 0.0769. The number of rotatable bonds is 4. The van der Waals surface area contributed by atoms with Crippen molar-refractivity contribution in [1.29, 1.82) is 0 Å². The summed E-state index contributed by atoms with van der Waals surface area (Å²) in [6.45, 7) is 0.0581. The first-order valence-corrected chi connectivity index (χ1v) is 7.96. The molecule has 0 heterocycles. The maximum Gasteiger partial charge on any atom is 0.238 e. The third-order valence-electron chi connectivity index (χ3n) is 2.61. The minimum atomic E-state index is -3.95. The number of ether oxygens (including phenoxy) is 1. The van der Waals surface area contributed by atoms with Gasteiger partial charge in [0.25, 0.3) is 0 Å². The molecule has 0 atom stereocenters. The Labute approximate surface area is 131 Å². The summed E-state index contributed by atoms with van der Waals surface area (Å²) in [5.41, 5.74) is 0.694. The van der Waals surface area contributed by atoms with Crippen molar-refractivity contribution in [3.05, 3.63) is 57.8 Å². The van der Waals surface area contributed by atoms with E-state index in [9.17, 15) is 12.8 Å². The second-order valence-corrected chi connectivity index (χ2v) is 6.55. The first-order chi connectivity index (χ1) is 9.77. The molecule has 0 spiro atoms. The van der Waals surface area contributed by atoms with Crippen molar-refractivity contribution >= 4 is 33.2 Å². The van der Waals surface area contributed by atoms with Gasteiger partial charge in [0, 0.05) is 0 Å². The van der Waals surface area contributed by atoms with E-state index in [1.165, 1.54) is 12.1 Å². The summed E-state index contributed by atoms with van der Waals surface area (Å²) in [5, 5.41) is 5.68. The molecule has 0 aromatic heterocycles. The van der Waals surface area contributed by atoms with Crippen LogP contribution in [0.5, 0.6) is 5.75 Å². The van der Waals surface area contributed by atoms with Crippen molar-refractivity contribution in [1.82, 2.24) is 0 Å². The van der Waals surface area contributed by atoms with Gasteiger partial charge in [-0.3, -0.25) is 0 Å². The first kappa shape index (κ1) is 16.0. The van der Waals surface area contributed by atoms with Crippen molar-refractivity contribution in [3.63, 3.8) is 0 Å². The summed E-state index contributed by atoms with van der Waals surface area (Å²) in [7, 11) is -3.95. The number of hydrogen-bond acceptors (Lipinski definition) is 3. The number of halogens is 3. The van der Waals surface area contributed by atoms with Crippen LogP contribution in [0.4, 0.5) is 4.39 Å². The molecule has 0 saturated heterocycles. The highest BCUT2D eigenvalue weighted by Gasteiger charge is 2.12. The van der Waals surface area contributed by atoms with E-state index in [2.05, 4.69) is 0 Å². The average Bonchev–Trinajstić information content (AvgIpc) is 2.40. The summed E-state index contributed by atoms with van der Waals surface area (Å²) < 4.78 is 41.2. The first-order valence-electron chi connectivity index (χ1n) is 5.66. The van der Waals surface area contributed by atoms with E-state index in [4.69, 9.17) is 33.1 Å². The molecule has 0 radical (unpaired) electrons. The molecule has 8 heteroatoms. The van der Waals surface area contributed by atoms with Gasteiger partial charge < -0.3 is 4.74 Å². The molecule has 0 unspecified atom stereocenters. The van der Waals surface area contributed by atoms with Crippen LogP contribution >= 0.6 is 23.2 Å².